The van der Waals surface area contributed by atoms with E-state index in [9.17, 15) is 14.7 Å². The normalized spacial score (nSPS) is 17.1. The summed E-state index contributed by atoms with van der Waals surface area (Å²) in [6.45, 7) is 1.86. The molecule has 0 fully saturated rings. The van der Waals surface area contributed by atoms with Crippen molar-refractivity contribution in [3.8, 4) is 0 Å². The van der Waals surface area contributed by atoms with Crippen LogP contribution < -0.4 is 4.90 Å². The predicted octanol–water partition coefficient (Wildman–Crippen LogP) is 2.42. The molecule has 0 aliphatic carbocycles. The number of anilines is 1. The molecular formula is C15H13NO4. The molecule has 0 spiro atoms. The molecule has 1 aromatic carbocycles. The van der Waals surface area contributed by atoms with Crippen LogP contribution in [0.2, 0.25) is 0 Å². The average Bonchev–Trinajstić information content (AvgIpc) is 3.01. The molecule has 1 aliphatic heterocycles. The summed E-state index contributed by atoms with van der Waals surface area (Å²) in [4.78, 5) is 25.4. The fraction of sp³-hybridized carbons (Fsp3) is 0.200. The van der Waals surface area contributed by atoms with Crippen LogP contribution >= 0.6 is 0 Å². The van der Waals surface area contributed by atoms with Gasteiger partial charge in [0, 0.05) is 12.2 Å². The number of aryl methyl sites for hydroxylation is 1. The van der Waals surface area contributed by atoms with E-state index in [0.29, 0.717) is 22.6 Å². The Kier molecular flexibility index (Phi) is 2.82. The van der Waals surface area contributed by atoms with Gasteiger partial charge in [0.2, 0.25) is 0 Å². The lowest BCUT2D eigenvalue weighted by molar-refractivity contribution is -0.138. The van der Waals surface area contributed by atoms with Crippen molar-refractivity contribution in [2.24, 2.45) is 0 Å². The lowest BCUT2D eigenvalue weighted by Crippen LogP contribution is -2.31. The smallest absolute Gasteiger partial charge is 0.312 e. The van der Waals surface area contributed by atoms with E-state index in [2.05, 4.69) is 0 Å². The summed E-state index contributed by atoms with van der Waals surface area (Å²) < 4.78 is 5.14. The van der Waals surface area contributed by atoms with Gasteiger partial charge < -0.3 is 14.4 Å². The molecule has 0 radical (unpaired) electrons. The van der Waals surface area contributed by atoms with Crippen molar-refractivity contribution in [3.05, 3.63) is 53.5 Å². The molecule has 3 rings (SSSR count). The zero-order valence-corrected chi connectivity index (χ0v) is 10.9. The van der Waals surface area contributed by atoms with Gasteiger partial charge in [-0.2, -0.15) is 0 Å². The molecule has 0 bridgehead atoms. The highest BCUT2D eigenvalue weighted by atomic mass is 16.4. The van der Waals surface area contributed by atoms with Gasteiger partial charge >= 0.3 is 5.97 Å². The van der Waals surface area contributed by atoms with Crippen LogP contribution in [0.5, 0.6) is 0 Å². The van der Waals surface area contributed by atoms with Crippen LogP contribution in [-0.2, 0) is 4.79 Å². The van der Waals surface area contributed by atoms with Gasteiger partial charge in [-0.15, -0.1) is 0 Å². The number of carboxylic acids is 1. The first-order chi connectivity index (χ1) is 9.59. The molecule has 0 saturated carbocycles. The van der Waals surface area contributed by atoms with E-state index in [-0.39, 0.29) is 12.5 Å². The second-order valence-electron chi connectivity index (χ2n) is 4.76. The Hall–Kier alpha value is -2.56. The van der Waals surface area contributed by atoms with Crippen molar-refractivity contribution in [1.82, 2.24) is 0 Å². The summed E-state index contributed by atoms with van der Waals surface area (Å²) in [5.74, 6) is -1.29. The van der Waals surface area contributed by atoms with Gasteiger partial charge in [-0.05, 0) is 24.6 Å². The molecule has 1 aromatic heterocycles. The number of carbonyl (C=O) groups excluding carboxylic acids is 1. The van der Waals surface area contributed by atoms with E-state index in [0.717, 1.165) is 0 Å². The van der Waals surface area contributed by atoms with Crippen molar-refractivity contribution >= 4 is 17.6 Å². The van der Waals surface area contributed by atoms with E-state index >= 15 is 0 Å². The highest BCUT2D eigenvalue weighted by Crippen LogP contribution is 2.37. The maximum atomic E-state index is 12.5. The first-order valence-electron chi connectivity index (χ1n) is 6.27. The third kappa shape index (κ3) is 1.79. The second kappa shape index (κ2) is 4.52. The number of furan rings is 1. The number of amides is 1. The first kappa shape index (κ1) is 12.5. The Labute approximate surface area is 115 Å². The third-order valence-corrected chi connectivity index (χ3v) is 3.60. The van der Waals surface area contributed by atoms with Crippen LogP contribution in [0.15, 0.2) is 41.0 Å². The monoisotopic (exact) mass is 271 g/mol. The Morgan fingerprint density at radius 1 is 1.30 bits per heavy atom. The SMILES string of the molecule is Cc1occc1C(=O)N1CC(C(=O)O)c2ccccc21. The van der Waals surface area contributed by atoms with Gasteiger partial charge in [0.05, 0.1) is 11.8 Å². The summed E-state index contributed by atoms with van der Waals surface area (Å²) in [6, 6.07) is 8.71. The lowest BCUT2D eigenvalue weighted by atomic mass is 10.0. The summed E-state index contributed by atoms with van der Waals surface area (Å²) in [5, 5.41) is 9.29. The van der Waals surface area contributed by atoms with Crippen LogP contribution in [0.25, 0.3) is 0 Å². The van der Waals surface area contributed by atoms with Crippen LogP contribution in [0.4, 0.5) is 5.69 Å². The quantitative estimate of drug-likeness (QED) is 0.910. The minimum absolute atomic E-state index is 0.151. The van der Waals surface area contributed by atoms with Gasteiger partial charge in [-0.3, -0.25) is 9.59 Å². The molecule has 1 atom stereocenters. The minimum atomic E-state index is -0.920. The highest BCUT2D eigenvalue weighted by Gasteiger charge is 2.37. The van der Waals surface area contributed by atoms with E-state index < -0.39 is 11.9 Å². The fourth-order valence-corrected chi connectivity index (χ4v) is 2.56. The van der Waals surface area contributed by atoms with Gasteiger partial charge in [-0.25, -0.2) is 0 Å². The molecule has 102 valence electrons. The number of para-hydroxylation sites is 1. The van der Waals surface area contributed by atoms with Crippen molar-refractivity contribution in [2.45, 2.75) is 12.8 Å². The summed E-state index contributed by atoms with van der Waals surface area (Å²) in [5.41, 5.74) is 1.80. The minimum Gasteiger partial charge on any atom is -0.481 e. The number of hydrogen-bond donors (Lipinski definition) is 1. The Morgan fingerprint density at radius 3 is 2.70 bits per heavy atom. The van der Waals surface area contributed by atoms with E-state index in [4.69, 9.17) is 4.42 Å². The summed E-state index contributed by atoms with van der Waals surface area (Å²) in [6.07, 6.45) is 1.46. The highest BCUT2D eigenvalue weighted by molar-refractivity contribution is 6.09. The molecule has 1 unspecified atom stereocenters. The van der Waals surface area contributed by atoms with Gasteiger partial charge in [0.25, 0.3) is 5.91 Å². The number of hydrogen-bond acceptors (Lipinski definition) is 3. The lowest BCUT2D eigenvalue weighted by Gasteiger charge is -2.16. The number of nitrogens with zero attached hydrogens (tertiary/aromatic N) is 1. The van der Waals surface area contributed by atoms with E-state index in [1.165, 1.54) is 11.2 Å². The third-order valence-electron chi connectivity index (χ3n) is 3.60. The zero-order chi connectivity index (χ0) is 14.3. The van der Waals surface area contributed by atoms with Gasteiger partial charge in [-0.1, -0.05) is 18.2 Å². The number of benzene rings is 1. The molecule has 1 aliphatic rings. The van der Waals surface area contributed by atoms with Crippen molar-refractivity contribution in [1.29, 1.82) is 0 Å². The van der Waals surface area contributed by atoms with E-state index in [1.54, 1.807) is 37.3 Å². The maximum Gasteiger partial charge on any atom is 0.312 e. The predicted molar refractivity (Wildman–Crippen MR) is 71.9 cm³/mol. The van der Waals surface area contributed by atoms with E-state index in [1.807, 2.05) is 0 Å². The molecule has 5 nitrogen and oxygen atoms in total. The van der Waals surface area contributed by atoms with Crippen LogP contribution in [0.3, 0.4) is 0 Å². The van der Waals surface area contributed by atoms with Crippen LogP contribution in [0, 0.1) is 6.92 Å². The number of aliphatic carboxylic acids is 1. The standard InChI is InChI=1S/C15H13NO4/c1-9-10(6-7-20-9)14(17)16-8-12(15(18)19)11-4-2-3-5-13(11)16/h2-7,12H,8H2,1H3,(H,18,19). The van der Waals surface area contributed by atoms with Crippen molar-refractivity contribution in [2.75, 3.05) is 11.4 Å². The fourth-order valence-electron chi connectivity index (χ4n) is 2.56. The number of carbonyl (C=O) groups is 2. The zero-order valence-electron chi connectivity index (χ0n) is 10.9. The Bertz CT molecular complexity index is 689. The molecule has 5 heteroatoms. The number of rotatable bonds is 2. The average molecular weight is 271 g/mol. The van der Waals surface area contributed by atoms with Crippen LogP contribution in [-0.4, -0.2) is 23.5 Å². The Balaban J connectivity index is 2.03. The van der Waals surface area contributed by atoms with Crippen molar-refractivity contribution < 1.29 is 19.1 Å². The van der Waals surface area contributed by atoms with Gasteiger partial charge in [0.1, 0.15) is 11.7 Å². The van der Waals surface area contributed by atoms with Crippen molar-refractivity contribution in [3.63, 3.8) is 0 Å². The topological polar surface area (TPSA) is 70.8 Å². The largest absolute Gasteiger partial charge is 0.481 e. The van der Waals surface area contributed by atoms with Crippen LogP contribution in [0.1, 0.15) is 27.6 Å². The number of fused-ring (bicyclic) bond motifs is 1. The molecule has 2 aromatic rings. The summed E-state index contributed by atoms with van der Waals surface area (Å²) >= 11 is 0. The number of carboxylic acid groups (broad SMARTS) is 1. The molecule has 2 heterocycles. The molecule has 1 amide bonds. The molecular weight excluding hydrogens is 258 g/mol. The molecule has 0 saturated heterocycles. The summed E-state index contributed by atoms with van der Waals surface area (Å²) in [7, 11) is 0. The Morgan fingerprint density at radius 2 is 2.05 bits per heavy atom. The second-order valence-corrected chi connectivity index (χ2v) is 4.76. The molecule has 1 N–H and O–H groups in total. The van der Waals surface area contributed by atoms with Gasteiger partial charge in [0.15, 0.2) is 0 Å². The molecule has 20 heavy (non-hydrogen) atoms. The maximum absolute atomic E-state index is 12.5. The first-order valence-corrected chi connectivity index (χ1v) is 6.27.